The number of carboxylic acids is 2. The third-order valence-corrected chi connectivity index (χ3v) is 2.63. The molecule has 1 saturated heterocycles. The average molecular weight is 177 g/mol. The van der Waals surface area contributed by atoms with E-state index in [0.717, 1.165) is 11.8 Å². The maximum atomic E-state index is 10.3. The topological polar surface area (TPSA) is 86.6 Å². The predicted octanol–water partition coefficient (Wildman–Crippen LogP) is -0.813. The van der Waals surface area contributed by atoms with E-state index in [1.54, 1.807) is 0 Å². The van der Waals surface area contributed by atoms with Crippen LogP contribution in [0.4, 0.5) is 0 Å². The first-order valence-corrected chi connectivity index (χ1v) is 3.90. The summed E-state index contributed by atoms with van der Waals surface area (Å²) in [4.78, 5) is 20.6. The summed E-state index contributed by atoms with van der Waals surface area (Å²) < 4.78 is 0. The Morgan fingerprint density at radius 3 is 2.27 bits per heavy atom. The zero-order valence-corrected chi connectivity index (χ0v) is 6.30. The van der Waals surface area contributed by atoms with Crippen LogP contribution in [-0.4, -0.2) is 39.3 Å². The number of rotatable bonds is 2. The second-order valence-corrected chi connectivity index (χ2v) is 3.40. The Balaban J connectivity index is 2.47. The molecule has 0 bridgehead atoms. The molecule has 0 aliphatic carbocycles. The molecule has 0 amide bonds. The van der Waals surface area contributed by atoms with Gasteiger partial charge in [-0.2, -0.15) is 0 Å². The van der Waals surface area contributed by atoms with Crippen molar-refractivity contribution in [2.24, 2.45) is 0 Å². The Hall–Kier alpha value is -0.750. The van der Waals surface area contributed by atoms with E-state index < -0.39 is 22.6 Å². The summed E-state index contributed by atoms with van der Waals surface area (Å²) in [5.74, 6) is -1.98. The standard InChI is InChI=1S/C5H7NO4S/c7-4(8)2-1-6-3(11-2)5(9)10/h2-3,6H,1H2,(H,7,8)(H,9,10). The molecule has 1 heterocycles. The molecule has 0 radical (unpaired) electrons. The van der Waals surface area contributed by atoms with Gasteiger partial charge in [0.2, 0.25) is 0 Å². The first-order valence-electron chi connectivity index (χ1n) is 2.95. The van der Waals surface area contributed by atoms with E-state index in [-0.39, 0.29) is 6.54 Å². The molecule has 62 valence electrons. The van der Waals surface area contributed by atoms with Crippen LogP contribution < -0.4 is 5.32 Å². The number of hydrogen-bond acceptors (Lipinski definition) is 4. The summed E-state index contributed by atoms with van der Waals surface area (Å²) in [6.07, 6.45) is 0. The SMILES string of the molecule is O=C(O)C1CNC(C(=O)O)S1. The first kappa shape index (κ1) is 8.35. The van der Waals surface area contributed by atoms with Gasteiger partial charge in [-0.15, -0.1) is 11.8 Å². The number of nitrogens with one attached hydrogen (secondary N) is 1. The van der Waals surface area contributed by atoms with E-state index in [2.05, 4.69) is 5.32 Å². The zero-order chi connectivity index (χ0) is 8.43. The minimum atomic E-state index is -1.02. The third-order valence-electron chi connectivity index (χ3n) is 1.29. The molecular weight excluding hydrogens is 170 g/mol. The number of carbonyl (C=O) groups is 2. The summed E-state index contributed by atoms with van der Waals surface area (Å²) in [5, 5.41) is 18.1. The Kier molecular flexibility index (Phi) is 2.35. The van der Waals surface area contributed by atoms with E-state index in [4.69, 9.17) is 10.2 Å². The predicted molar refractivity (Wildman–Crippen MR) is 38.4 cm³/mol. The van der Waals surface area contributed by atoms with Crippen molar-refractivity contribution in [1.82, 2.24) is 5.32 Å². The third kappa shape index (κ3) is 1.84. The fraction of sp³-hybridized carbons (Fsp3) is 0.600. The van der Waals surface area contributed by atoms with E-state index in [0.29, 0.717) is 0 Å². The van der Waals surface area contributed by atoms with Crippen molar-refractivity contribution < 1.29 is 19.8 Å². The van der Waals surface area contributed by atoms with Gasteiger partial charge in [-0.25, -0.2) is 4.79 Å². The lowest BCUT2D eigenvalue weighted by Gasteiger charge is -2.00. The van der Waals surface area contributed by atoms with Gasteiger partial charge < -0.3 is 10.2 Å². The van der Waals surface area contributed by atoms with Gasteiger partial charge in [0.25, 0.3) is 0 Å². The highest BCUT2D eigenvalue weighted by molar-refractivity contribution is 8.02. The molecule has 5 nitrogen and oxygen atoms in total. The monoisotopic (exact) mass is 177 g/mol. The molecule has 3 N–H and O–H groups in total. The summed E-state index contributed by atoms with van der Waals surface area (Å²) >= 11 is 0.917. The van der Waals surface area contributed by atoms with Crippen molar-refractivity contribution in [1.29, 1.82) is 0 Å². The molecule has 1 aliphatic heterocycles. The fourth-order valence-electron chi connectivity index (χ4n) is 0.766. The van der Waals surface area contributed by atoms with Crippen LogP contribution in [0.15, 0.2) is 0 Å². The van der Waals surface area contributed by atoms with E-state index >= 15 is 0 Å². The lowest BCUT2D eigenvalue weighted by atomic mass is 10.4. The van der Waals surface area contributed by atoms with Crippen molar-refractivity contribution in [3.05, 3.63) is 0 Å². The normalized spacial score (nSPS) is 30.2. The van der Waals surface area contributed by atoms with Crippen LogP contribution in [0.1, 0.15) is 0 Å². The van der Waals surface area contributed by atoms with Gasteiger partial charge >= 0.3 is 11.9 Å². The van der Waals surface area contributed by atoms with Crippen LogP contribution in [0.5, 0.6) is 0 Å². The van der Waals surface area contributed by atoms with Gasteiger partial charge in [-0.1, -0.05) is 0 Å². The number of hydrogen-bond donors (Lipinski definition) is 3. The zero-order valence-electron chi connectivity index (χ0n) is 5.48. The van der Waals surface area contributed by atoms with Gasteiger partial charge in [0.1, 0.15) is 5.25 Å². The lowest BCUT2D eigenvalue weighted by molar-refractivity contribution is -0.137. The highest BCUT2D eigenvalue weighted by atomic mass is 32.2. The molecule has 2 atom stereocenters. The summed E-state index contributed by atoms with van der Waals surface area (Å²) in [7, 11) is 0. The maximum Gasteiger partial charge on any atom is 0.331 e. The summed E-state index contributed by atoms with van der Waals surface area (Å²) in [6.45, 7) is 0.219. The van der Waals surface area contributed by atoms with Gasteiger partial charge in [0.05, 0.1) is 0 Å². The lowest BCUT2D eigenvalue weighted by Crippen LogP contribution is -2.28. The molecule has 0 aromatic carbocycles. The van der Waals surface area contributed by atoms with Crippen molar-refractivity contribution in [2.75, 3.05) is 6.54 Å². The molecule has 6 heteroatoms. The minimum absolute atomic E-state index is 0.219. The quantitative estimate of drug-likeness (QED) is 0.511. The van der Waals surface area contributed by atoms with Gasteiger partial charge in [0.15, 0.2) is 5.37 Å². The number of carboxylic acid groups (broad SMARTS) is 2. The molecule has 0 aromatic heterocycles. The van der Waals surface area contributed by atoms with Crippen LogP contribution in [0.2, 0.25) is 0 Å². The second-order valence-electron chi connectivity index (χ2n) is 2.09. The number of thioether (sulfide) groups is 1. The van der Waals surface area contributed by atoms with Crippen molar-refractivity contribution in [3.8, 4) is 0 Å². The Morgan fingerprint density at radius 1 is 1.36 bits per heavy atom. The van der Waals surface area contributed by atoms with E-state index in [1.807, 2.05) is 0 Å². The van der Waals surface area contributed by atoms with E-state index in [1.165, 1.54) is 0 Å². The Labute approximate surface area is 66.8 Å². The Bertz CT molecular complexity index is 175. The van der Waals surface area contributed by atoms with Crippen molar-refractivity contribution in [2.45, 2.75) is 10.6 Å². The molecule has 1 rings (SSSR count). The van der Waals surface area contributed by atoms with Crippen LogP contribution in [0, 0.1) is 0 Å². The molecule has 0 spiro atoms. The van der Waals surface area contributed by atoms with Gasteiger partial charge in [0, 0.05) is 6.54 Å². The first-order chi connectivity index (χ1) is 5.11. The smallest absolute Gasteiger partial charge is 0.331 e. The molecular formula is C5H7NO4S. The molecule has 1 aliphatic rings. The minimum Gasteiger partial charge on any atom is -0.480 e. The molecule has 2 unspecified atom stereocenters. The van der Waals surface area contributed by atoms with Crippen LogP contribution in [-0.2, 0) is 9.59 Å². The molecule has 11 heavy (non-hydrogen) atoms. The highest BCUT2D eigenvalue weighted by Crippen LogP contribution is 2.22. The van der Waals surface area contributed by atoms with Crippen molar-refractivity contribution >= 4 is 23.7 Å². The Morgan fingerprint density at radius 2 is 2.00 bits per heavy atom. The van der Waals surface area contributed by atoms with Gasteiger partial charge in [-0.3, -0.25) is 10.1 Å². The van der Waals surface area contributed by atoms with Crippen LogP contribution in [0.25, 0.3) is 0 Å². The van der Waals surface area contributed by atoms with Gasteiger partial charge in [-0.05, 0) is 0 Å². The highest BCUT2D eigenvalue weighted by Gasteiger charge is 2.33. The summed E-state index contributed by atoms with van der Waals surface area (Å²) in [5.41, 5.74) is 0. The fourth-order valence-corrected chi connectivity index (χ4v) is 1.71. The largest absolute Gasteiger partial charge is 0.480 e. The molecule has 0 saturated carbocycles. The average Bonchev–Trinajstić information content (AvgIpc) is 2.33. The molecule has 0 aromatic rings. The summed E-state index contributed by atoms with van der Waals surface area (Å²) in [6, 6.07) is 0. The van der Waals surface area contributed by atoms with Crippen molar-refractivity contribution in [3.63, 3.8) is 0 Å². The van der Waals surface area contributed by atoms with Crippen LogP contribution >= 0.6 is 11.8 Å². The number of aliphatic carboxylic acids is 2. The van der Waals surface area contributed by atoms with Crippen LogP contribution in [0.3, 0.4) is 0 Å². The molecule has 1 fully saturated rings. The van der Waals surface area contributed by atoms with E-state index in [9.17, 15) is 9.59 Å². The second kappa shape index (κ2) is 3.10. The maximum absolute atomic E-state index is 10.3.